The van der Waals surface area contributed by atoms with Gasteiger partial charge in [-0.25, -0.2) is 0 Å². The molecule has 0 saturated heterocycles. The average molecular weight is 884 g/mol. The number of rotatable bonds is 0. The normalized spacial score (nSPS) is 17.2. The van der Waals surface area contributed by atoms with Gasteiger partial charge in [0.05, 0.1) is 58.2 Å². The predicted molar refractivity (Wildman–Crippen MR) is 282 cm³/mol. The lowest BCUT2D eigenvalue weighted by Crippen LogP contribution is -2.12. The molecule has 0 aliphatic heterocycles. The van der Waals surface area contributed by atoms with Crippen molar-refractivity contribution in [3.8, 4) is 42.7 Å². The van der Waals surface area contributed by atoms with E-state index < -0.39 is 0 Å². The Morgan fingerprint density at radius 1 is 0.294 bits per heavy atom. The molecule has 1 aliphatic rings. The molecule has 0 aromatic heterocycles. The van der Waals surface area contributed by atoms with Gasteiger partial charge in [0.1, 0.15) is 0 Å². The highest BCUT2D eigenvalue weighted by atomic mass is 14.3. The first-order valence-electron chi connectivity index (χ1n) is 22.7. The van der Waals surface area contributed by atoms with Crippen LogP contribution in [0.2, 0.25) is 0 Å². The predicted octanol–water partition coefficient (Wildman–Crippen LogP) is 15.5. The largest absolute Gasteiger partial charge is 0.192 e. The molecule has 6 rings (SSSR count). The van der Waals surface area contributed by atoms with Gasteiger partial charge in [-0.15, -0.1) is 6.42 Å². The minimum atomic E-state index is -0.313. The first-order chi connectivity index (χ1) is 31.8. The molecule has 0 N–H and O–H groups in total. The first-order valence-corrected chi connectivity index (χ1v) is 22.7. The quantitative estimate of drug-likeness (QED) is 0.143. The Kier molecular flexibility index (Phi) is 13.7. The summed E-state index contributed by atoms with van der Waals surface area (Å²) in [5, 5.41) is 54.2. The third kappa shape index (κ3) is 11.4. The van der Waals surface area contributed by atoms with Gasteiger partial charge in [0.25, 0.3) is 0 Å². The van der Waals surface area contributed by atoms with Crippen LogP contribution in [0, 0.1) is 69.0 Å². The molecule has 0 fully saturated rings. The Balaban J connectivity index is 1.78. The van der Waals surface area contributed by atoms with Gasteiger partial charge in [0.15, 0.2) is 0 Å². The van der Waals surface area contributed by atoms with Crippen molar-refractivity contribution in [2.24, 2.45) is 0 Å². The fourth-order valence-electron chi connectivity index (χ4n) is 8.00. The van der Waals surface area contributed by atoms with Crippen LogP contribution < -0.4 is 0 Å². The maximum Gasteiger partial charge on any atom is 0.0998 e. The molecule has 5 nitrogen and oxygen atoms in total. The second kappa shape index (κ2) is 19.0. The fraction of sp³-hybridized carbons (Fsp3) is 0.254. The number of hydrogen-bond donors (Lipinski definition) is 0. The van der Waals surface area contributed by atoms with Crippen molar-refractivity contribution >= 4 is 58.2 Å². The molecule has 10 bridgehead atoms. The van der Waals surface area contributed by atoms with Gasteiger partial charge in [-0.3, -0.25) is 0 Å². The highest BCUT2D eigenvalue weighted by Gasteiger charge is 2.22. The second-order valence-electron chi connectivity index (χ2n) is 21.7. The van der Waals surface area contributed by atoms with Crippen LogP contribution in [0.4, 0.5) is 0 Å². The van der Waals surface area contributed by atoms with Gasteiger partial charge < -0.3 is 0 Å². The van der Waals surface area contributed by atoms with Crippen LogP contribution in [-0.2, 0) is 21.7 Å². The van der Waals surface area contributed by atoms with Crippen LogP contribution in [0.25, 0.3) is 58.2 Å². The zero-order valence-electron chi connectivity index (χ0n) is 41.4. The smallest absolute Gasteiger partial charge is 0.0998 e. The highest BCUT2D eigenvalue weighted by molar-refractivity contribution is 5.98. The van der Waals surface area contributed by atoms with Crippen LogP contribution in [0.3, 0.4) is 0 Å². The van der Waals surface area contributed by atoms with Crippen LogP contribution >= 0.6 is 0 Å². The second-order valence-corrected chi connectivity index (χ2v) is 21.7. The Bertz CT molecular complexity index is 3280. The summed E-state index contributed by atoms with van der Waals surface area (Å²) in [4.78, 5) is 0. The summed E-state index contributed by atoms with van der Waals surface area (Å²) in [5.41, 5.74) is 12.1. The first kappa shape index (κ1) is 49.2. The Labute approximate surface area is 404 Å². The number of allylic oxidation sites excluding steroid dienone is 5. The summed E-state index contributed by atoms with van der Waals surface area (Å²) in [6, 6.07) is 41.7. The number of fused-ring (bicyclic) bond motifs is 10. The molecule has 5 aromatic rings. The SMILES string of the molecule is C#Cc1cc2cc(c1)/C(C#N)=C/c1cc(cc(C(C)(C)C)c1)/C(C#N)=C/c1cc(cc(C(C)(C)C)c1)/C(C#N)=C/c1cc(cc(C(C)(C)C)c1)/C(C#N)=C/c1cc(cc(C(C)(C)C)c1)/C(C#N)=C/2. The van der Waals surface area contributed by atoms with Crippen LogP contribution in [0.5, 0.6) is 0 Å². The Morgan fingerprint density at radius 3 is 0.691 bits per heavy atom. The number of nitrogens with zero attached hydrogens (tertiary/aromatic N) is 5. The summed E-state index contributed by atoms with van der Waals surface area (Å²) < 4.78 is 0. The maximum atomic E-state index is 10.9. The van der Waals surface area contributed by atoms with E-state index in [9.17, 15) is 26.3 Å². The van der Waals surface area contributed by atoms with Gasteiger partial charge in [-0.1, -0.05) is 113 Å². The van der Waals surface area contributed by atoms with Crippen molar-refractivity contribution in [2.75, 3.05) is 0 Å². The van der Waals surface area contributed by atoms with E-state index >= 15 is 0 Å². The summed E-state index contributed by atoms with van der Waals surface area (Å²) >= 11 is 0. The summed E-state index contributed by atoms with van der Waals surface area (Å²) in [5.74, 6) is 2.74. The molecular weight excluding hydrogens is 827 g/mol. The van der Waals surface area contributed by atoms with Crippen LogP contribution in [0.1, 0.15) is 167 Å². The third-order valence-corrected chi connectivity index (χ3v) is 12.1. The van der Waals surface area contributed by atoms with E-state index in [2.05, 4.69) is 138 Å². The number of terminal acetylenes is 1. The highest BCUT2D eigenvalue weighted by Crippen LogP contribution is 2.36. The van der Waals surface area contributed by atoms with Crippen molar-refractivity contribution in [3.63, 3.8) is 0 Å². The number of hydrogen-bond acceptors (Lipinski definition) is 5. The lowest BCUT2D eigenvalue weighted by atomic mass is 9.82. The van der Waals surface area contributed by atoms with E-state index in [4.69, 9.17) is 6.42 Å². The number of nitriles is 5. The van der Waals surface area contributed by atoms with Crippen molar-refractivity contribution in [1.29, 1.82) is 26.3 Å². The maximum absolute atomic E-state index is 10.9. The summed E-state index contributed by atoms with van der Waals surface area (Å²) in [7, 11) is 0. The van der Waals surface area contributed by atoms with E-state index in [0.717, 1.165) is 44.5 Å². The monoisotopic (exact) mass is 883 g/mol. The van der Waals surface area contributed by atoms with E-state index in [-0.39, 0.29) is 21.7 Å². The lowest BCUT2D eigenvalue weighted by Gasteiger charge is -2.22. The minimum absolute atomic E-state index is 0.304. The Morgan fingerprint density at radius 2 is 0.500 bits per heavy atom. The fourth-order valence-corrected chi connectivity index (χ4v) is 8.00. The molecular formula is C63H57N5. The molecule has 0 unspecified atom stereocenters. The molecule has 0 radical (unpaired) electrons. The van der Waals surface area contributed by atoms with Gasteiger partial charge in [0, 0.05) is 5.56 Å². The molecule has 0 amide bonds. The Hall–Kier alpha value is -8.19. The third-order valence-electron chi connectivity index (χ3n) is 12.1. The van der Waals surface area contributed by atoms with E-state index in [0.29, 0.717) is 66.8 Å². The molecule has 334 valence electrons. The van der Waals surface area contributed by atoms with Crippen molar-refractivity contribution < 1.29 is 0 Å². The summed E-state index contributed by atoms with van der Waals surface area (Å²) in [6.07, 6.45) is 15.2. The van der Waals surface area contributed by atoms with Crippen molar-refractivity contribution in [1.82, 2.24) is 0 Å². The molecule has 0 spiro atoms. The van der Waals surface area contributed by atoms with Crippen LogP contribution in [0.15, 0.2) is 91.0 Å². The molecule has 0 heterocycles. The van der Waals surface area contributed by atoms with E-state index in [1.165, 1.54) is 0 Å². The van der Waals surface area contributed by atoms with Crippen molar-refractivity contribution in [2.45, 2.75) is 105 Å². The lowest BCUT2D eigenvalue weighted by molar-refractivity contribution is 0.589. The standard InChI is InChI=1S/C63H57N5/c1-14-40-15-41-17-46(16-40)51(35-64)23-42-18-48(32-56(27-42)60(2,3)4)53(37-66)25-44-20-50(34-58(29-44)62(8,9)10)55(39-68)26-45-21-49(33-59(30-45)63(11,12)13)54(38-67)24-43-19-47(52(22-41)36-65)31-57(28-43)61(5,6)7/h1,15-34H,2-13H3/b51-23+,52-22+,53-25+,54-24+,55-26+. The van der Waals surface area contributed by atoms with Gasteiger partial charge >= 0.3 is 0 Å². The van der Waals surface area contributed by atoms with Gasteiger partial charge in [0.2, 0.25) is 0 Å². The molecule has 5 aromatic carbocycles. The zero-order chi connectivity index (χ0) is 49.9. The van der Waals surface area contributed by atoms with E-state index in [1.807, 2.05) is 91.0 Å². The van der Waals surface area contributed by atoms with Crippen LogP contribution in [-0.4, -0.2) is 0 Å². The molecule has 0 saturated carbocycles. The van der Waals surface area contributed by atoms with Gasteiger partial charge in [-0.2, -0.15) is 26.3 Å². The minimum Gasteiger partial charge on any atom is -0.192 e. The molecule has 5 heteroatoms. The average Bonchev–Trinajstić information content (AvgIpc) is 3.28. The molecule has 0 atom stereocenters. The summed E-state index contributed by atoms with van der Waals surface area (Å²) in [6.45, 7) is 25.4. The van der Waals surface area contributed by atoms with E-state index in [1.54, 1.807) is 12.1 Å². The van der Waals surface area contributed by atoms with Crippen molar-refractivity contribution in [3.05, 3.63) is 174 Å². The molecule has 1 aliphatic carbocycles. The van der Waals surface area contributed by atoms with Gasteiger partial charge in [-0.05, 0) is 197 Å². The zero-order valence-corrected chi connectivity index (χ0v) is 41.4. The number of benzene rings is 5. The topological polar surface area (TPSA) is 119 Å². The molecule has 68 heavy (non-hydrogen) atoms.